The Kier molecular flexibility index (Phi) is 8.13. The normalized spacial score (nSPS) is 21.2. The van der Waals surface area contributed by atoms with E-state index in [2.05, 4.69) is 30.7 Å². The molecule has 0 radical (unpaired) electrons. The van der Waals surface area contributed by atoms with E-state index in [1.54, 1.807) is 12.1 Å². The third-order valence-electron chi connectivity index (χ3n) is 6.07. The van der Waals surface area contributed by atoms with E-state index >= 15 is 0 Å². The molecule has 2 aliphatic heterocycles. The number of carbonyl (C=O) groups excluding carboxylic acids is 1. The van der Waals surface area contributed by atoms with Gasteiger partial charge in [-0.2, -0.15) is 0 Å². The fourth-order valence-corrected chi connectivity index (χ4v) is 5.48. The second-order valence-corrected chi connectivity index (χ2v) is 9.99. The molecule has 0 aromatic heterocycles. The zero-order valence-electron chi connectivity index (χ0n) is 18.4. The van der Waals surface area contributed by atoms with E-state index in [1.165, 1.54) is 37.2 Å². The Hall–Kier alpha value is -1.64. The Labute approximate surface area is 183 Å². The molecule has 7 nitrogen and oxygen atoms in total. The number of likely N-dealkylation sites (N-methyl/N-ethyl adjacent to an activating group) is 1. The predicted molar refractivity (Wildman–Crippen MR) is 121 cm³/mol. The van der Waals surface area contributed by atoms with Gasteiger partial charge in [0.2, 0.25) is 0 Å². The molecule has 0 saturated carbocycles. The number of nitro benzene ring substituents is 1. The first kappa shape index (κ1) is 23.0. The molecule has 8 heteroatoms. The average Bonchev–Trinajstić information content (AvgIpc) is 2.73. The molecule has 0 aliphatic carbocycles. The Bertz CT molecular complexity index is 750. The lowest BCUT2D eigenvalue weighted by molar-refractivity contribution is -0.387. The van der Waals surface area contributed by atoms with Crippen LogP contribution in [0.15, 0.2) is 23.1 Å². The molecule has 2 fully saturated rings. The number of piperazine rings is 1. The zero-order valence-corrected chi connectivity index (χ0v) is 19.2. The lowest BCUT2D eigenvalue weighted by atomic mass is 10.0. The number of rotatable bonds is 7. The molecule has 166 valence electrons. The molecular weight excluding hydrogens is 400 g/mol. The summed E-state index contributed by atoms with van der Waals surface area (Å²) in [5.74, 6) is 1.30. The maximum Gasteiger partial charge on any atom is 0.283 e. The van der Waals surface area contributed by atoms with Crippen LogP contribution in [0.5, 0.6) is 0 Å². The summed E-state index contributed by atoms with van der Waals surface area (Å²) in [5, 5.41) is 11.6. The third-order valence-corrected chi connectivity index (χ3v) is 7.17. The van der Waals surface area contributed by atoms with Gasteiger partial charge in [0.15, 0.2) is 0 Å². The van der Waals surface area contributed by atoms with Gasteiger partial charge in [0, 0.05) is 50.4 Å². The number of amides is 1. The van der Waals surface area contributed by atoms with Crippen LogP contribution in [-0.4, -0.2) is 83.6 Å². The van der Waals surface area contributed by atoms with Crippen molar-refractivity contribution in [2.75, 3.05) is 52.1 Å². The molecule has 30 heavy (non-hydrogen) atoms. The minimum atomic E-state index is -0.369. The van der Waals surface area contributed by atoms with Crippen molar-refractivity contribution in [1.82, 2.24) is 14.7 Å². The molecule has 1 aromatic carbocycles. The number of benzene rings is 1. The summed E-state index contributed by atoms with van der Waals surface area (Å²) in [4.78, 5) is 31.6. The van der Waals surface area contributed by atoms with Crippen molar-refractivity contribution in [3.05, 3.63) is 33.9 Å². The van der Waals surface area contributed by atoms with Gasteiger partial charge in [-0.3, -0.25) is 19.8 Å². The molecule has 2 aliphatic rings. The highest BCUT2D eigenvalue weighted by atomic mass is 32.2. The molecule has 2 saturated heterocycles. The zero-order chi connectivity index (χ0) is 21.7. The number of likely N-dealkylation sites (tertiary alicyclic amines) is 1. The fraction of sp³-hybridized carbons (Fsp3) is 0.682. The second-order valence-electron chi connectivity index (χ2n) is 8.86. The summed E-state index contributed by atoms with van der Waals surface area (Å²) >= 11 is 1.50. The Morgan fingerprint density at radius 3 is 2.60 bits per heavy atom. The number of nitro groups is 1. The molecule has 1 aromatic rings. The van der Waals surface area contributed by atoms with Crippen molar-refractivity contribution < 1.29 is 9.72 Å². The van der Waals surface area contributed by atoms with E-state index < -0.39 is 0 Å². The van der Waals surface area contributed by atoms with Gasteiger partial charge < -0.3 is 9.80 Å². The number of hydrogen-bond acceptors (Lipinski definition) is 6. The first-order chi connectivity index (χ1) is 14.3. The van der Waals surface area contributed by atoms with E-state index in [9.17, 15) is 14.9 Å². The van der Waals surface area contributed by atoms with Crippen LogP contribution in [0.4, 0.5) is 5.69 Å². The van der Waals surface area contributed by atoms with Gasteiger partial charge in [-0.15, -0.1) is 11.8 Å². The van der Waals surface area contributed by atoms with Gasteiger partial charge in [0.1, 0.15) is 0 Å². The van der Waals surface area contributed by atoms with Gasteiger partial charge in [0.05, 0.1) is 9.82 Å². The largest absolute Gasteiger partial charge is 0.336 e. The van der Waals surface area contributed by atoms with E-state index in [1.807, 2.05) is 4.90 Å². The van der Waals surface area contributed by atoms with Crippen LogP contribution in [0, 0.1) is 16.0 Å². The quantitative estimate of drug-likeness (QED) is 0.371. The standard InChI is InChI=1S/C22H34N4O3S/c1-17(2)8-14-30-21-7-6-18(15-20(21)26(28)29)22(27)25-12-10-24(11-13-25)19-5-4-9-23(3)16-19/h6-7,15,17,19H,4-5,8-14,16H2,1-3H3. The van der Waals surface area contributed by atoms with Gasteiger partial charge in [-0.05, 0) is 56.7 Å². The highest BCUT2D eigenvalue weighted by molar-refractivity contribution is 7.99. The van der Waals surface area contributed by atoms with Crippen LogP contribution in [0.2, 0.25) is 0 Å². The summed E-state index contributed by atoms with van der Waals surface area (Å²) in [6.07, 6.45) is 3.45. The van der Waals surface area contributed by atoms with Crippen molar-refractivity contribution in [3.8, 4) is 0 Å². The summed E-state index contributed by atoms with van der Waals surface area (Å²) in [7, 11) is 2.17. The van der Waals surface area contributed by atoms with Crippen LogP contribution in [-0.2, 0) is 0 Å². The van der Waals surface area contributed by atoms with Crippen molar-refractivity contribution in [3.63, 3.8) is 0 Å². The van der Waals surface area contributed by atoms with E-state index in [-0.39, 0.29) is 16.5 Å². The fourth-order valence-electron chi connectivity index (χ4n) is 4.23. The molecule has 0 spiro atoms. The molecular formula is C22H34N4O3S. The molecule has 0 N–H and O–H groups in total. The van der Waals surface area contributed by atoms with Crippen LogP contribution < -0.4 is 0 Å². The van der Waals surface area contributed by atoms with Gasteiger partial charge in [0.25, 0.3) is 11.6 Å². The molecule has 1 unspecified atom stereocenters. The van der Waals surface area contributed by atoms with Crippen molar-refractivity contribution in [2.45, 2.75) is 44.0 Å². The smallest absolute Gasteiger partial charge is 0.283 e. The van der Waals surface area contributed by atoms with E-state index in [0.29, 0.717) is 35.5 Å². The summed E-state index contributed by atoms with van der Waals surface area (Å²) in [6, 6.07) is 5.52. The maximum absolute atomic E-state index is 13.0. The number of thioether (sulfide) groups is 1. The van der Waals surface area contributed by atoms with Crippen LogP contribution >= 0.6 is 11.8 Å². The van der Waals surface area contributed by atoms with Crippen LogP contribution in [0.25, 0.3) is 0 Å². The minimum Gasteiger partial charge on any atom is -0.336 e. The third kappa shape index (κ3) is 5.95. The first-order valence-electron chi connectivity index (χ1n) is 11.0. The van der Waals surface area contributed by atoms with E-state index in [4.69, 9.17) is 0 Å². The minimum absolute atomic E-state index is 0.0403. The van der Waals surface area contributed by atoms with Gasteiger partial charge >= 0.3 is 0 Å². The van der Waals surface area contributed by atoms with E-state index in [0.717, 1.165) is 31.8 Å². The lowest BCUT2D eigenvalue weighted by Gasteiger charge is -2.42. The first-order valence-corrected chi connectivity index (χ1v) is 12.0. The number of piperidine rings is 1. The molecule has 1 amide bonds. The van der Waals surface area contributed by atoms with Crippen LogP contribution in [0.1, 0.15) is 43.5 Å². The Morgan fingerprint density at radius 2 is 1.97 bits per heavy atom. The molecule has 0 bridgehead atoms. The molecule has 3 rings (SSSR count). The molecule has 1 atom stereocenters. The van der Waals surface area contributed by atoms with Crippen molar-refractivity contribution >= 4 is 23.4 Å². The predicted octanol–water partition coefficient (Wildman–Crippen LogP) is 3.59. The van der Waals surface area contributed by atoms with Crippen molar-refractivity contribution in [2.24, 2.45) is 5.92 Å². The number of hydrogen-bond donors (Lipinski definition) is 0. The maximum atomic E-state index is 13.0. The lowest BCUT2D eigenvalue weighted by Crippen LogP contribution is -2.55. The second kappa shape index (κ2) is 10.6. The highest BCUT2D eigenvalue weighted by Gasteiger charge is 2.29. The Balaban J connectivity index is 1.61. The summed E-state index contributed by atoms with van der Waals surface area (Å²) < 4.78 is 0. The number of nitrogens with zero attached hydrogens (tertiary/aromatic N) is 4. The monoisotopic (exact) mass is 434 g/mol. The van der Waals surface area contributed by atoms with Crippen LogP contribution in [0.3, 0.4) is 0 Å². The van der Waals surface area contributed by atoms with Gasteiger partial charge in [-0.25, -0.2) is 0 Å². The highest BCUT2D eigenvalue weighted by Crippen LogP contribution is 2.31. The SMILES string of the molecule is CC(C)CCSc1ccc(C(=O)N2CCN(C3CCCN(C)C3)CC2)cc1[N+](=O)[O-]. The topological polar surface area (TPSA) is 69.9 Å². The average molecular weight is 435 g/mol. The summed E-state index contributed by atoms with van der Waals surface area (Å²) in [6.45, 7) is 9.64. The Morgan fingerprint density at radius 1 is 1.23 bits per heavy atom. The van der Waals surface area contributed by atoms with Gasteiger partial charge in [-0.1, -0.05) is 13.8 Å². The summed E-state index contributed by atoms with van der Waals surface area (Å²) in [5.41, 5.74) is 0.458. The molecule has 2 heterocycles. The van der Waals surface area contributed by atoms with Crippen molar-refractivity contribution in [1.29, 1.82) is 0 Å². The number of carbonyl (C=O) groups is 1.